The van der Waals surface area contributed by atoms with E-state index in [1.165, 1.54) is 16.2 Å². The average molecular weight is 352 g/mol. The molecule has 2 aliphatic heterocycles. The zero-order chi connectivity index (χ0) is 16.9. The van der Waals surface area contributed by atoms with Crippen LogP contribution in [0.2, 0.25) is 0 Å². The number of carboxylic acids is 1. The summed E-state index contributed by atoms with van der Waals surface area (Å²) in [5.41, 5.74) is 0.662. The number of hydrogen-bond acceptors (Lipinski definition) is 5. The molecule has 1 aromatic heterocycles. The summed E-state index contributed by atoms with van der Waals surface area (Å²) in [5.74, 6) is -1.97. The van der Waals surface area contributed by atoms with Gasteiger partial charge in [-0.25, -0.2) is 4.79 Å². The zero-order valence-corrected chi connectivity index (χ0v) is 14.2. The molecular weight excluding hydrogens is 336 g/mol. The van der Waals surface area contributed by atoms with Crippen LogP contribution in [-0.2, 0) is 9.59 Å². The summed E-state index contributed by atoms with van der Waals surface area (Å²) >= 11 is 6.59. The molecule has 2 unspecified atom stereocenters. The molecular formula is C15H16N2O4S2. The van der Waals surface area contributed by atoms with Crippen molar-refractivity contribution < 1.29 is 19.8 Å². The highest BCUT2D eigenvalue weighted by Crippen LogP contribution is 2.48. The van der Waals surface area contributed by atoms with E-state index < -0.39 is 18.0 Å². The van der Waals surface area contributed by atoms with Crippen molar-refractivity contribution >= 4 is 46.0 Å². The molecule has 0 aromatic carbocycles. The van der Waals surface area contributed by atoms with E-state index in [4.69, 9.17) is 12.2 Å². The lowest BCUT2D eigenvalue weighted by molar-refractivity contribution is -0.161. The molecule has 122 valence electrons. The monoisotopic (exact) mass is 352 g/mol. The Kier molecular flexibility index (Phi) is 3.99. The maximum Gasteiger partial charge on any atom is 0.352 e. The van der Waals surface area contributed by atoms with Gasteiger partial charge in [0, 0.05) is 17.5 Å². The van der Waals surface area contributed by atoms with E-state index in [1.54, 1.807) is 14.0 Å². The predicted octanol–water partition coefficient (Wildman–Crippen LogP) is 1.05. The number of nitrogens with zero attached hydrogens (tertiary/aromatic N) is 1. The molecule has 0 saturated carbocycles. The van der Waals surface area contributed by atoms with Crippen LogP contribution in [0.3, 0.4) is 0 Å². The number of thiophene rings is 1. The highest BCUT2D eigenvalue weighted by Gasteiger charge is 2.56. The number of aliphatic hydroxyl groups is 1. The maximum absolute atomic E-state index is 12.2. The van der Waals surface area contributed by atoms with Crippen molar-refractivity contribution in [2.24, 2.45) is 5.92 Å². The SMILES string of the molecule is CNC(=S)c1ccc(C2=C(C(=O)O)N3C(=O)C([C@@H](C)O)C3C2)s1. The largest absolute Gasteiger partial charge is 0.477 e. The molecule has 0 spiro atoms. The van der Waals surface area contributed by atoms with Crippen LogP contribution in [0.5, 0.6) is 0 Å². The number of β-lactam (4-membered cyclic amide) rings is 1. The molecule has 1 aromatic rings. The third-order valence-electron chi connectivity index (χ3n) is 4.29. The van der Waals surface area contributed by atoms with Gasteiger partial charge in [0.25, 0.3) is 0 Å². The van der Waals surface area contributed by atoms with Crippen LogP contribution in [0, 0.1) is 5.92 Å². The van der Waals surface area contributed by atoms with Crippen molar-refractivity contribution in [3.8, 4) is 0 Å². The highest BCUT2D eigenvalue weighted by atomic mass is 32.1. The molecule has 1 fully saturated rings. The van der Waals surface area contributed by atoms with Crippen LogP contribution >= 0.6 is 23.6 Å². The first-order valence-electron chi connectivity index (χ1n) is 7.16. The third-order valence-corrected chi connectivity index (χ3v) is 6.00. The fraction of sp³-hybridized carbons (Fsp3) is 0.400. The second-order valence-electron chi connectivity index (χ2n) is 5.62. The molecule has 1 saturated heterocycles. The van der Waals surface area contributed by atoms with Crippen LogP contribution < -0.4 is 5.32 Å². The summed E-state index contributed by atoms with van der Waals surface area (Å²) in [6, 6.07) is 3.40. The van der Waals surface area contributed by atoms with E-state index in [-0.39, 0.29) is 17.6 Å². The van der Waals surface area contributed by atoms with Gasteiger partial charge in [-0.05, 0) is 25.5 Å². The molecule has 2 aliphatic rings. The Morgan fingerprint density at radius 2 is 2.22 bits per heavy atom. The Morgan fingerprint density at radius 3 is 2.78 bits per heavy atom. The summed E-state index contributed by atoms with van der Waals surface area (Å²) in [5, 5.41) is 22.2. The minimum Gasteiger partial charge on any atom is -0.477 e. The summed E-state index contributed by atoms with van der Waals surface area (Å²) < 4.78 is 0. The molecule has 6 nitrogen and oxygen atoms in total. The smallest absolute Gasteiger partial charge is 0.352 e. The number of aliphatic carboxylic acids is 1. The van der Waals surface area contributed by atoms with Gasteiger partial charge in [0.1, 0.15) is 10.7 Å². The molecule has 3 atom stereocenters. The number of rotatable bonds is 4. The Morgan fingerprint density at radius 1 is 1.52 bits per heavy atom. The zero-order valence-electron chi connectivity index (χ0n) is 12.6. The van der Waals surface area contributed by atoms with Gasteiger partial charge in [0.05, 0.1) is 22.9 Å². The van der Waals surface area contributed by atoms with Crippen molar-refractivity contribution in [1.82, 2.24) is 10.2 Å². The van der Waals surface area contributed by atoms with E-state index in [0.29, 0.717) is 17.0 Å². The maximum atomic E-state index is 12.2. The average Bonchev–Trinajstić information content (AvgIpc) is 3.08. The minimum atomic E-state index is -1.12. The summed E-state index contributed by atoms with van der Waals surface area (Å²) in [6.07, 6.45) is -0.344. The fourth-order valence-corrected chi connectivity index (χ4v) is 4.44. The summed E-state index contributed by atoms with van der Waals surface area (Å²) in [6.45, 7) is 1.56. The quantitative estimate of drug-likeness (QED) is 0.554. The van der Waals surface area contributed by atoms with Gasteiger partial charge < -0.3 is 20.4 Å². The molecule has 3 rings (SSSR count). The first-order chi connectivity index (χ1) is 10.9. The predicted molar refractivity (Wildman–Crippen MR) is 90.1 cm³/mol. The van der Waals surface area contributed by atoms with Gasteiger partial charge in [-0.2, -0.15) is 0 Å². The van der Waals surface area contributed by atoms with E-state index >= 15 is 0 Å². The van der Waals surface area contributed by atoms with Crippen LogP contribution in [-0.4, -0.2) is 51.2 Å². The number of fused-ring (bicyclic) bond motifs is 1. The third kappa shape index (κ3) is 2.37. The number of amides is 1. The Hall–Kier alpha value is -1.77. The van der Waals surface area contributed by atoms with Gasteiger partial charge in [0.2, 0.25) is 5.91 Å². The normalized spacial score (nSPS) is 24.3. The fourth-order valence-electron chi connectivity index (χ4n) is 3.24. The van der Waals surface area contributed by atoms with Gasteiger partial charge >= 0.3 is 5.97 Å². The summed E-state index contributed by atoms with van der Waals surface area (Å²) in [4.78, 5) is 27.4. The number of thiocarbonyl (C=S) groups is 1. The highest BCUT2D eigenvalue weighted by molar-refractivity contribution is 7.81. The van der Waals surface area contributed by atoms with Gasteiger partial charge in [-0.15, -0.1) is 11.3 Å². The first-order valence-corrected chi connectivity index (χ1v) is 8.39. The number of nitrogens with one attached hydrogen (secondary N) is 1. The molecule has 1 amide bonds. The standard InChI is InChI=1S/C15H16N2O4S2/c1-6(18)11-8-5-7(12(15(20)21)17(8)14(11)19)9-3-4-10(23-9)13(22)16-2/h3-4,6,8,11,18H,5H2,1-2H3,(H,16,22)(H,20,21)/t6-,8?,11?/m1/s1. The summed E-state index contributed by atoms with van der Waals surface area (Å²) in [7, 11) is 1.73. The lowest BCUT2D eigenvalue weighted by Crippen LogP contribution is -2.61. The molecule has 0 aliphatic carbocycles. The van der Waals surface area contributed by atoms with E-state index in [2.05, 4.69) is 5.32 Å². The van der Waals surface area contributed by atoms with Crippen LogP contribution in [0.1, 0.15) is 23.1 Å². The molecule has 23 heavy (non-hydrogen) atoms. The van der Waals surface area contributed by atoms with E-state index in [0.717, 1.165) is 9.75 Å². The number of carboxylic acid groups (broad SMARTS) is 1. The van der Waals surface area contributed by atoms with Crippen molar-refractivity contribution in [1.29, 1.82) is 0 Å². The number of aliphatic hydroxyl groups excluding tert-OH is 1. The van der Waals surface area contributed by atoms with Gasteiger partial charge in [-0.3, -0.25) is 4.79 Å². The topological polar surface area (TPSA) is 89.9 Å². The van der Waals surface area contributed by atoms with Crippen molar-refractivity contribution in [2.75, 3.05) is 7.05 Å². The number of carbonyl (C=O) groups excluding carboxylic acids is 1. The second-order valence-corrected chi connectivity index (χ2v) is 7.11. The second kappa shape index (κ2) is 5.70. The van der Waals surface area contributed by atoms with Crippen molar-refractivity contribution in [3.05, 3.63) is 27.6 Å². The van der Waals surface area contributed by atoms with E-state index in [1.807, 2.05) is 12.1 Å². The molecule has 0 bridgehead atoms. The van der Waals surface area contributed by atoms with Crippen molar-refractivity contribution in [2.45, 2.75) is 25.5 Å². The number of carbonyl (C=O) groups is 2. The number of hydrogen-bond donors (Lipinski definition) is 3. The Balaban J connectivity index is 1.98. The first kappa shape index (κ1) is 16.1. The lowest BCUT2D eigenvalue weighted by atomic mass is 9.83. The van der Waals surface area contributed by atoms with Crippen LogP contribution in [0.15, 0.2) is 17.8 Å². The molecule has 3 N–H and O–H groups in total. The molecule has 8 heteroatoms. The van der Waals surface area contributed by atoms with Crippen LogP contribution in [0.25, 0.3) is 5.57 Å². The van der Waals surface area contributed by atoms with E-state index in [9.17, 15) is 19.8 Å². The Bertz CT molecular complexity index is 738. The van der Waals surface area contributed by atoms with Crippen molar-refractivity contribution in [3.63, 3.8) is 0 Å². The minimum absolute atomic E-state index is 0.0284. The lowest BCUT2D eigenvalue weighted by Gasteiger charge is -2.44. The van der Waals surface area contributed by atoms with Gasteiger partial charge in [0.15, 0.2) is 0 Å². The molecule has 3 heterocycles. The molecule has 0 radical (unpaired) electrons. The Labute approximate surface area is 142 Å². The van der Waals surface area contributed by atoms with Crippen LogP contribution in [0.4, 0.5) is 0 Å². The van der Waals surface area contributed by atoms with Gasteiger partial charge in [-0.1, -0.05) is 12.2 Å².